The summed E-state index contributed by atoms with van der Waals surface area (Å²) in [7, 11) is 1.67. The molecule has 0 saturated heterocycles. The number of hydrogen-bond donors (Lipinski definition) is 2. The van der Waals surface area contributed by atoms with Crippen LogP contribution in [-0.4, -0.2) is 24.7 Å². The second kappa shape index (κ2) is 4.45. The predicted octanol–water partition coefficient (Wildman–Crippen LogP) is 2.58. The monoisotopic (exact) mass is 238 g/mol. The number of nitrogens with two attached hydrogens (primary N) is 1. The molecule has 1 saturated carbocycles. The fourth-order valence-electron chi connectivity index (χ4n) is 1.66. The second-order valence-corrected chi connectivity index (χ2v) is 5.47. The van der Waals surface area contributed by atoms with E-state index in [-0.39, 0.29) is 0 Å². The first-order valence-corrected chi connectivity index (χ1v) is 6.64. The number of rotatable bonds is 5. The summed E-state index contributed by atoms with van der Waals surface area (Å²) in [5, 5.41) is 3.42. The van der Waals surface area contributed by atoms with Crippen molar-refractivity contribution in [3.8, 4) is 5.75 Å². The van der Waals surface area contributed by atoms with Gasteiger partial charge in [0.1, 0.15) is 5.75 Å². The third kappa shape index (κ3) is 2.38. The van der Waals surface area contributed by atoms with Gasteiger partial charge in [-0.3, -0.25) is 0 Å². The maximum Gasteiger partial charge on any atom is 0.121 e. The highest BCUT2D eigenvalue weighted by atomic mass is 32.2. The van der Waals surface area contributed by atoms with Crippen molar-refractivity contribution in [1.82, 2.24) is 0 Å². The third-order valence-electron chi connectivity index (χ3n) is 3.10. The Morgan fingerprint density at radius 1 is 1.50 bits per heavy atom. The number of thioether (sulfide) groups is 1. The van der Waals surface area contributed by atoms with Gasteiger partial charge in [-0.1, -0.05) is 0 Å². The Labute approximate surface area is 101 Å². The van der Waals surface area contributed by atoms with Crippen LogP contribution in [0.3, 0.4) is 0 Å². The average molecular weight is 238 g/mol. The fraction of sp³-hybridized carbons (Fsp3) is 0.500. The summed E-state index contributed by atoms with van der Waals surface area (Å²) in [6, 6.07) is 5.70. The molecule has 1 aromatic rings. The van der Waals surface area contributed by atoms with E-state index in [1.54, 1.807) is 7.11 Å². The van der Waals surface area contributed by atoms with E-state index in [1.807, 2.05) is 30.0 Å². The van der Waals surface area contributed by atoms with E-state index in [2.05, 4.69) is 11.6 Å². The molecule has 0 atom stereocenters. The molecule has 3 N–H and O–H groups in total. The number of nitrogens with one attached hydrogen (secondary N) is 1. The first kappa shape index (κ1) is 11.5. The summed E-state index contributed by atoms with van der Waals surface area (Å²) in [6.07, 6.45) is 4.76. The highest BCUT2D eigenvalue weighted by molar-refractivity contribution is 8.00. The number of benzene rings is 1. The Hall–Kier alpha value is -1.03. The Balaban J connectivity index is 2.03. The molecule has 3 nitrogen and oxygen atoms in total. The number of ether oxygens (including phenoxy) is 1. The van der Waals surface area contributed by atoms with E-state index >= 15 is 0 Å². The van der Waals surface area contributed by atoms with E-state index in [0.29, 0.717) is 4.75 Å². The largest absolute Gasteiger partial charge is 0.497 e. The van der Waals surface area contributed by atoms with Crippen LogP contribution in [0.5, 0.6) is 5.75 Å². The molecule has 1 fully saturated rings. The van der Waals surface area contributed by atoms with Crippen molar-refractivity contribution in [2.45, 2.75) is 17.6 Å². The molecule has 0 unspecified atom stereocenters. The van der Waals surface area contributed by atoms with E-state index in [0.717, 1.165) is 23.7 Å². The Bertz CT molecular complexity index is 377. The normalized spacial score (nSPS) is 16.9. The van der Waals surface area contributed by atoms with Gasteiger partial charge in [0.2, 0.25) is 0 Å². The van der Waals surface area contributed by atoms with E-state index < -0.39 is 0 Å². The minimum absolute atomic E-state index is 0.440. The molecule has 0 amide bonds. The molecular formula is C12H18N2OS. The van der Waals surface area contributed by atoms with Crippen molar-refractivity contribution < 1.29 is 4.74 Å². The SMILES string of the molecule is COc1ccc(N)c(NCC2(SC)CC2)c1. The molecule has 0 bridgehead atoms. The lowest BCUT2D eigenvalue weighted by atomic mass is 10.2. The third-order valence-corrected chi connectivity index (χ3v) is 4.52. The van der Waals surface area contributed by atoms with Gasteiger partial charge in [-0.2, -0.15) is 11.8 Å². The van der Waals surface area contributed by atoms with Gasteiger partial charge in [-0.25, -0.2) is 0 Å². The summed E-state index contributed by atoms with van der Waals surface area (Å²) in [5.74, 6) is 0.839. The van der Waals surface area contributed by atoms with E-state index in [4.69, 9.17) is 10.5 Å². The topological polar surface area (TPSA) is 47.3 Å². The van der Waals surface area contributed by atoms with Crippen LogP contribution in [0.15, 0.2) is 18.2 Å². The summed E-state index contributed by atoms with van der Waals surface area (Å²) in [4.78, 5) is 0. The Morgan fingerprint density at radius 3 is 2.81 bits per heavy atom. The lowest BCUT2D eigenvalue weighted by Gasteiger charge is -2.16. The lowest BCUT2D eigenvalue weighted by molar-refractivity contribution is 0.415. The van der Waals surface area contributed by atoms with Crippen LogP contribution in [0.1, 0.15) is 12.8 Å². The van der Waals surface area contributed by atoms with Gasteiger partial charge in [0, 0.05) is 17.4 Å². The van der Waals surface area contributed by atoms with Crippen molar-refractivity contribution in [2.24, 2.45) is 0 Å². The van der Waals surface area contributed by atoms with Crippen molar-refractivity contribution in [2.75, 3.05) is 31.0 Å². The van der Waals surface area contributed by atoms with Crippen molar-refractivity contribution in [3.05, 3.63) is 18.2 Å². The number of nitrogen functional groups attached to an aromatic ring is 1. The van der Waals surface area contributed by atoms with Crippen LogP contribution in [0, 0.1) is 0 Å². The van der Waals surface area contributed by atoms with Crippen LogP contribution in [-0.2, 0) is 0 Å². The van der Waals surface area contributed by atoms with Gasteiger partial charge < -0.3 is 15.8 Å². The van der Waals surface area contributed by atoms with Crippen molar-refractivity contribution >= 4 is 23.1 Å². The zero-order valence-corrected chi connectivity index (χ0v) is 10.6. The minimum Gasteiger partial charge on any atom is -0.497 e. The molecule has 1 aromatic carbocycles. The quantitative estimate of drug-likeness (QED) is 0.774. The Kier molecular flexibility index (Phi) is 3.19. The maximum absolute atomic E-state index is 5.91. The van der Waals surface area contributed by atoms with E-state index in [1.165, 1.54) is 12.8 Å². The van der Waals surface area contributed by atoms with Gasteiger partial charge in [0.05, 0.1) is 18.5 Å². The second-order valence-electron chi connectivity index (χ2n) is 4.19. The zero-order valence-electron chi connectivity index (χ0n) is 9.75. The van der Waals surface area contributed by atoms with Crippen LogP contribution >= 0.6 is 11.8 Å². The maximum atomic E-state index is 5.91. The molecule has 0 aliphatic heterocycles. The van der Waals surface area contributed by atoms with Crippen LogP contribution in [0.4, 0.5) is 11.4 Å². The molecule has 0 heterocycles. The van der Waals surface area contributed by atoms with Gasteiger partial charge in [-0.15, -0.1) is 0 Å². The molecule has 4 heteroatoms. The number of hydrogen-bond acceptors (Lipinski definition) is 4. The molecule has 2 rings (SSSR count). The highest BCUT2D eigenvalue weighted by Gasteiger charge is 2.41. The van der Waals surface area contributed by atoms with Gasteiger partial charge in [0.15, 0.2) is 0 Å². The molecule has 88 valence electrons. The van der Waals surface area contributed by atoms with Crippen LogP contribution in [0.25, 0.3) is 0 Å². The molecular weight excluding hydrogens is 220 g/mol. The molecule has 0 spiro atoms. The number of methoxy groups -OCH3 is 1. The minimum atomic E-state index is 0.440. The number of anilines is 2. The molecule has 16 heavy (non-hydrogen) atoms. The van der Waals surface area contributed by atoms with Gasteiger partial charge >= 0.3 is 0 Å². The van der Waals surface area contributed by atoms with Crippen molar-refractivity contribution in [1.29, 1.82) is 0 Å². The molecule has 0 aromatic heterocycles. The fourth-order valence-corrected chi connectivity index (χ4v) is 2.39. The first-order valence-electron chi connectivity index (χ1n) is 5.42. The van der Waals surface area contributed by atoms with Gasteiger partial charge in [0.25, 0.3) is 0 Å². The smallest absolute Gasteiger partial charge is 0.121 e. The standard InChI is InChI=1S/C12H18N2OS/c1-15-9-3-4-10(13)11(7-9)14-8-12(16-2)5-6-12/h3-4,7,14H,5-6,8,13H2,1-2H3. The molecule has 1 aliphatic carbocycles. The molecule has 0 radical (unpaired) electrons. The highest BCUT2D eigenvalue weighted by Crippen LogP contribution is 2.47. The first-order chi connectivity index (χ1) is 7.69. The summed E-state index contributed by atoms with van der Waals surface area (Å²) < 4.78 is 5.62. The van der Waals surface area contributed by atoms with E-state index in [9.17, 15) is 0 Å². The summed E-state index contributed by atoms with van der Waals surface area (Å²) in [5.41, 5.74) is 7.66. The Morgan fingerprint density at radius 2 is 2.25 bits per heavy atom. The summed E-state index contributed by atoms with van der Waals surface area (Å²) >= 11 is 1.94. The molecule has 1 aliphatic rings. The average Bonchev–Trinajstić information content (AvgIpc) is 3.09. The lowest BCUT2D eigenvalue weighted by Crippen LogP contribution is -2.18. The summed E-state index contributed by atoms with van der Waals surface area (Å²) in [6.45, 7) is 0.978. The van der Waals surface area contributed by atoms with Crippen molar-refractivity contribution in [3.63, 3.8) is 0 Å². The predicted molar refractivity (Wildman–Crippen MR) is 71.4 cm³/mol. The van der Waals surface area contributed by atoms with Crippen LogP contribution < -0.4 is 15.8 Å². The van der Waals surface area contributed by atoms with Gasteiger partial charge in [-0.05, 0) is 31.2 Å². The van der Waals surface area contributed by atoms with Crippen LogP contribution in [0.2, 0.25) is 0 Å². The zero-order chi connectivity index (χ0) is 11.6.